The van der Waals surface area contributed by atoms with Gasteiger partial charge in [-0.25, -0.2) is 0 Å². The molecule has 1 aliphatic rings. The number of carbonyl (C=O) groups is 1. The number of benzene rings is 1. The van der Waals surface area contributed by atoms with Crippen molar-refractivity contribution in [2.45, 2.75) is 38.7 Å². The third kappa shape index (κ3) is 4.03. The molecule has 1 amide bonds. The van der Waals surface area contributed by atoms with Crippen LogP contribution >= 0.6 is 0 Å². The molecule has 116 valence electrons. The highest BCUT2D eigenvalue weighted by Crippen LogP contribution is 2.27. The average Bonchev–Trinajstić information content (AvgIpc) is 2.77. The fourth-order valence-electron chi connectivity index (χ4n) is 2.55. The number of hydrogen-bond donors (Lipinski definition) is 1. The summed E-state index contributed by atoms with van der Waals surface area (Å²) in [5.74, 6) is 1.23. The minimum atomic E-state index is -0.529. The number of nitrogens with zero attached hydrogens (tertiary/aromatic N) is 1. The average molecular weight is 292 g/mol. The Balaban J connectivity index is 1.99. The van der Waals surface area contributed by atoms with Crippen LogP contribution in [0.4, 0.5) is 5.69 Å². The van der Waals surface area contributed by atoms with Crippen LogP contribution in [0.1, 0.15) is 32.6 Å². The van der Waals surface area contributed by atoms with Crippen LogP contribution in [0.5, 0.6) is 11.5 Å². The van der Waals surface area contributed by atoms with Crippen LogP contribution in [0.15, 0.2) is 18.2 Å². The number of nitrogens with two attached hydrogens (primary N) is 1. The first-order valence-corrected chi connectivity index (χ1v) is 7.51. The van der Waals surface area contributed by atoms with E-state index in [0.29, 0.717) is 17.2 Å². The van der Waals surface area contributed by atoms with E-state index >= 15 is 0 Å². The van der Waals surface area contributed by atoms with Gasteiger partial charge in [-0.3, -0.25) is 4.79 Å². The SMILES string of the molecule is COc1ccc(OC(C)C(=O)N2CCCCCC2)c(N)c1. The van der Waals surface area contributed by atoms with Crippen molar-refractivity contribution < 1.29 is 14.3 Å². The molecule has 1 unspecified atom stereocenters. The minimum absolute atomic E-state index is 0.0344. The Labute approximate surface area is 126 Å². The first kappa shape index (κ1) is 15.5. The van der Waals surface area contributed by atoms with Crippen LogP contribution in [0.2, 0.25) is 0 Å². The number of likely N-dealkylation sites (tertiary alicyclic amines) is 1. The lowest BCUT2D eigenvalue weighted by molar-refractivity contribution is -0.137. The van der Waals surface area contributed by atoms with Crippen molar-refractivity contribution in [1.82, 2.24) is 4.90 Å². The summed E-state index contributed by atoms with van der Waals surface area (Å²) in [5.41, 5.74) is 6.40. The van der Waals surface area contributed by atoms with E-state index in [2.05, 4.69) is 0 Å². The van der Waals surface area contributed by atoms with Gasteiger partial charge in [0.1, 0.15) is 11.5 Å². The second-order valence-corrected chi connectivity index (χ2v) is 5.40. The first-order chi connectivity index (χ1) is 10.1. The zero-order chi connectivity index (χ0) is 15.2. The molecule has 2 rings (SSSR count). The molecule has 1 aliphatic heterocycles. The Morgan fingerprint density at radius 3 is 2.48 bits per heavy atom. The van der Waals surface area contributed by atoms with E-state index in [1.807, 2.05) is 4.90 Å². The highest BCUT2D eigenvalue weighted by molar-refractivity contribution is 5.81. The van der Waals surface area contributed by atoms with E-state index in [4.69, 9.17) is 15.2 Å². The Morgan fingerprint density at radius 1 is 1.24 bits per heavy atom. The standard InChI is InChI=1S/C16H24N2O3/c1-12(16(19)18-9-5-3-4-6-10-18)21-15-8-7-13(20-2)11-14(15)17/h7-8,11-12H,3-6,9-10,17H2,1-2H3. The molecule has 5 heteroatoms. The van der Waals surface area contributed by atoms with Crippen molar-refractivity contribution in [3.8, 4) is 11.5 Å². The summed E-state index contributed by atoms with van der Waals surface area (Å²) in [6.45, 7) is 3.42. The molecule has 1 aromatic carbocycles. The molecule has 0 bridgehead atoms. The van der Waals surface area contributed by atoms with E-state index in [1.54, 1.807) is 32.2 Å². The van der Waals surface area contributed by atoms with Crippen LogP contribution < -0.4 is 15.2 Å². The van der Waals surface area contributed by atoms with Crippen molar-refractivity contribution >= 4 is 11.6 Å². The minimum Gasteiger partial charge on any atom is -0.497 e. The molecule has 1 saturated heterocycles. The van der Waals surface area contributed by atoms with Crippen LogP contribution in [0.25, 0.3) is 0 Å². The van der Waals surface area contributed by atoms with Crippen molar-refractivity contribution in [3.05, 3.63) is 18.2 Å². The smallest absolute Gasteiger partial charge is 0.263 e. The maximum Gasteiger partial charge on any atom is 0.263 e. The third-order valence-corrected chi connectivity index (χ3v) is 3.79. The molecular formula is C16H24N2O3. The third-order valence-electron chi connectivity index (χ3n) is 3.79. The number of anilines is 1. The molecule has 0 aliphatic carbocycles. The lowest BCUT2D eigenvalue weighted by Gasteiger charge is -2.25. The lowest BCUT2D eigenvalue weighted by Crippen LogP contribution is -2.41. The predicted molar refractivity (Wildman–Crippen MR) is 82.5 cm³/mol. The lowest BCUT2D eigenvalue weighted by atomic mass is 10.2. The maximum absolute atomic E-state index is 12.4. The summed E-state index contributed by atoms with van der Waals surface area (Å²) < 4.78 is 10.8. The van der Waals surface area contributed by atoms with E-state index in [-0.39, 0.29) is 5.91 Å². The van der Waals surface area contributed by atoms with Gasteiger partial charge < -0.3 is 20.1 Å². The van der Waals surface area contributed by atoms with Gasteiger partial charge in [-0.05, 0) is 31.9 Å². The van der Waals surface area contributed by atoms with E-state index in [0.717, 1.165) is 25.9 Å². The van der Waals surface area contributed by atoms with Gasteiger partial charge in [-0.2, -0.15) is 0 Å². The van der Waals surface area contributed by atoms with Gasteiger partial charge >= 0.3 is 0 Å². The quantitative estimate of drug-likeness (QED) is 0.866. The molecule has 21 heavy (non-hydrogen) atoms. The van der Waals surface area contributed by atoms with Gasteiger partial charge in [0.15, 0.2) is 6.10 Å². The summed E-state index contributed by atoms with van der Waals surface area (Å²) in [4.78, 5) is 14.3. The Kier molecular flexibility index (Phi) is 5.31. The maximum atomic E-state index is 12.4. The van der Waals surface area contributed by atoms with Crippen molar-refractivity contribution in [3.63, 3.8) is 0 Å². The monoisotopic (exact) mass is 292 g/mol. The van der Waals surface area contributed by atoms with Crippen LogP contribution in [-0.2, 0) is 4.79 Å². The fourth-order valence-corrected chi connectivity index (χ4v) is 2.55. The normalized spacial score (nSPS) is 17.0. The van der Waals surface area contributed by atoms with Crippen LogP contribution in [0.3, 0.4) is 0 Å². The van der Waals surface area contributed by atoms with Crippen LogP contribution in [0, 0.1) is 0 Å². The molecular weight excluding hydrogens is 268 g/mol. The molecule has 1 atom stereocenters. The number of ether oxygens (including phenoxy) is 2. The summed E-state index contributed by atoms with van der Waals surface area (Å²) in [6, 6.07) is 5.20. The van der Waals surface area contributed by atoms with Crippen molar-refractivity contribution in [2.24, 2.45) is 0 Å². The van der Waals surface area contributed by atoms with Gasteiger partial charge in [0.2, 0.25) is 0 Å². The molecule has 1 aromatic rings. The van der Waals surface area contributed by atoms with Crippen LogP contribution in [-0.4, -0.2) is 37.1 Å². The van der Waals surface area contributed by atoms with E-state index < -0.39 is 6.10 Å². The van der Waals surface area contributed by atoms with Gasteiger partial charge in [-0.1, -0.05) is 12.8 Å². The molecule has 0 spiro atoms. The summed E-state index contributed by atoms with van der Waals surface area (Å²) in [7, 11) is 1.58. The second kappa shape index (κ2) is 7.20. The number of methoxy groups -OCH3 is 1. The fraction of sp³-hybridized carbons (Fsp3) is 0.562. The second-order valence-electron chi connectivity index (χ2n) is 5.40. The number of rotatable bonds is 4. The number of carbonyl (C=O) groups excluding carboxylic acids is 1. The topological polar surface area (TPSA) is 64.8 Å². The zero-order valence-electron chi connectivity index (χ0n) is 12.8. The van der Waals surface area contributed by atoms with Gasteiger partial charge in [0, 0.05) is 19.2 Å². The van der Waals surface area contributed by atoms with E-state index in [1.165, 1.54) is 12.8 Å². The van der Waals surface area contributed by atoms with Gasteiger partial charge in [0.25, 0.3) is 5.91 Å². The Morgan fingerprint density at radius 2 is 1.90 bits per heavy atom. The molecule has 1 heterocycles. The molecule has 0 radical (unpaired) electrons. The predicted octanol–water partition coefficient (Wildman–Crippen LogP) is 2.45. The highest BCUT2D eigenvalue weighted by atomic mass is 16.5. The highest BCUT2D eigenvalue weighted by Gasteiger charge is 2.23. The van der Waals surface area contributed by atoms with Crippen molar-refractivity contribution in [2.75, 3.05) is 25.9 Å². The first-order valence-electron chi connectivity index (χ1n) is 7.51. The number of nitrogen functional groups attached to an aromatic ring is 1. The summed E-state index contributed by atoms with van der Waals surface area (Å²) in [6.07, 6.45) is 4.01. The molecule has 1 fully saturated rings. The molecule has 5 nitrogen and oxygen atoms in total. The Hall–Kier alpha value is -1.91. The number of hydrogen-bond acceptors (Lipinski definition) is 4. The molecule has 0 aromatic heterocycles. The summed E-state index contributed by atoms with van der Waals surface area (Å²) >= 11 is 0. The Bertz CT molecular complexity index is 482. The van der Waals surface area contributed by atoms with Crippen molar-refractivity contribution in [1.29, 1.82) is 0 Å². The number of amides is 1. The molecule has 0 saturated carbocycles. The summed E-state index contributed by atoms with van der Waals surface area (Å²) in [5, 5.41) is 0. The van der Waals surface area contributed by atoms with E-state index in [9.17, 15) is 4.79 Å². The zero-order valence-corrected chi connectivity index (χ0v) is 12.8. The largest absolute Gasteiger partial charge is 0.497 e. The van der Waals surface area contributed by atoms with Gasteiger partial charge in [0.05, 0.1) is 12.8 Å². The van der Waals surface area contributed by atoms with Gasteiger partial charge in [-0.15, -0.1) is 0 Å². The molecule has 2 N–H and O–H groups in total.